The van der Waals surface area contributed by atoms with E-state index in [4.69, 9.17) is 9.78 Å². The second-order valence-corrected chi connectivity index (χ2v) is 3.74. The normalized spacial score (nSPS) is 18.2. The second kappa shape index (κ2) is 7.21. The topological polar surface area (TPSA) is 21.7 Å². The largest absolute Gasteiger partial charge is 0.269 e. The van der Waals surface area contributed by atoms with Crippen LogP contribution in [0.25, 0.3) is 0 Å². The van der Waals surface area contributed by atoms with E-state index >= 15 is 0 Å². The van der Waals surface area contributed by atoms with Crippen molar-refractivity contribution >= 4 is 0 Å². The Morgan fingerprint density at radius 1 is 1.14 bits per heavy atom. The molecule has 83 valence electrons. The number of hydrogen-bond donors (Lipinski definition) is 0. The molecule has 1 radical (unpaired) electrons. The van der Waals surface area contributed by atoms with Crippen molar-refractivity contribution in [2.45, 2.75) is 46.0 Å². The van der Waals surface area contributed by atoms with Gasteiger partial charge >= 0.3 is 0 Å². The van der Waals surface area contributed by atoms with Crippen LogP contribution in [0.5, 0.6) is 0 Å². The average Bonchev–Trinajstić information content (AvgIpc) is 2.71. The zero-order valence-electron chi connectivity index (χ0n) is 9.42. The first kappa shape index (κ1) is 12.0. The van der Waals surface area contributed by atoms with Gasteiger partial charge in [-0.3, -0.25) is 4.90 Å². The molecule has 1 rings (SSSR count). The predicted octanol–water partition coefficient (Wildman–Crippen LogP) is 2.73. The minimum Gasteiger partial charge on any atom is -0.269 e. The number of nitrogens with zero attached hydrogens (tertiary/aromatic N) is 1. The van der Waals surface area contributed by atoms with E-state index in [0.29, 0.717) is 6.61 Å². The van der Waals surface area contributed by atoms with Crippen LogP contribution in [0.4, 0.5) is 0 Å². The van der Waals surface area contributed by atoms with Crippen LogP contribution in [0, 0.1) is 6.23 Å². The van der Waals surface area contributed by atoms with Gasteiger partial charge in [-0.2, -0.15) is 0 Å². The van der Waals surface area contributed by atoms with E-state index in [0.717, 1.165) is 25.7 Å². The smallest absolute Gasteiger partial charge is 0.205 e. The molecule has 3 nitrogen and oxygen atoms in total. The zero-order valence-corrected chi connectivity index (χ0v) is 9.42. The fourth-order valence-corrected chi connectivity index (χ4v) is 1.55. The summed E-state index contributed by atoms with van der Waals surface area (Å²) in [6, 6.07) is 0. The van der Waals surface area contributed by atoms with Gasteiger partial charge in [0.15, 0.2) is 0 Å². The predicted molar refractivity (Wildman–Crippen MR) is 56.3 cm³/mol. The molecule has 3 heteroatoms. The SMILES string of the molecule is CCCCN(CCCC)[C]1CCOO1. The Kier molecular flexibility index (Phi) is 6.15. The van der Waals surface area contributed by atoms with E-state index in [1.54, 1.807) is 0 Å². The summed E-state index contributed by atoms with van der Waals surface area (Å²) < 4.78 is 0. The van der Waals surface area contributed by atoms with Crippen LogP contribution in [-0.4, -0.2) is 24.6 Å². The van der Waals surface area contributed by atoms with Crippen molar-refractivity contribution < 1.29 is 9.78 Å². The Balaban J connectivity index is 2.26. The molecule has 0 spiro atoms. The number of hydrogen-bond acceptors (Lipinski definition) is 3. The van der Waals surface area contributed by atoms with Gasteiger partial charge in [-0.25, -0.2) is 9.78 Å². The lowest BCUT2D eigenvalue weighted by atomic mass is 10.2. The zero-order chi connectivity index (χ0) is 10.2. The molecule has 0 aromatic rings. The highest BCUT2D eigenvalue weighted by Gasteiger charge is 2.25. The molecule has 0 bridgehead atoms. The van der Waals surface area contributed by atoms with Crippen LogP contribution >= 0.6 is 0 Å². The summed E-state index contributed by atoms with van der Waals surface area (Å²) in [7, 11) is 0. The highest BCUT2D eigenvalue weighted by atomic mass is 17.2. The maximum absolute atomic E-state index is 5.15. The van der Waals surface area contributed by atoms with Crippen molar-refractivity contribution in [3.05, 3.63) is 6.23 Å². The Hall–Kier alpha value is -0.120. The first-order valence-electron chi connectivity index (χ1n) is 5.78. The first-order valence-corrected chi connectivity index (χ1v) is 5.78. The molecule has 0 unspecified atom stereocenters. The molecule has 1 fully saturated rings. The molecule has 0 aliphatic carbocycles. The van der Waals surface area contributed by atoms with Crippen LogP contribution in [0.2, 0.25) is 0 Å². The highest BCUT2D eigenvalue weighted by Crippen LogP contribution is 2.22. The lowest BCUT2D eigenvalue weighted by Crippen LogP contribution is -2.30. The molecule has 1 aliphatic heterocycles. The van der Waals surface area contributed by atoms with E-state index in [1.807, 2.05) is 0 Å². The van der Waals surface area contributed by atoms with Gasteiger partial charge in [0.1, 0.15) is 0 Å². The van der Waals surface area contributed by atoms with Gasteiger partial charge in [0.2, 0.25) is 6.23 Å². The van der Waals surface area contributed by atoms with Gasteiger partial charge in [-0.1, -0.05) is 26.7 Å². The van der Waals surface area contributed by atoms with Crippen LogP contribution in [0.3, 0.4) is 0 Å². The van der Waals surface area contributed by atoms with Gasteiger partial charge in [0, 0.05) is 19.5 Å². The third-order valence-electron chi connectivity index (χ3n) is 2.47. The summed E-state index contributed by atoms with van der Waals surface area (Å²) >= 11 is 0. The maximum atomic E-state index is 5.15. The molecule has 0 aromatic heterocycles. The minimum absolute atomic E-state index is 0.712. The Bertz CT molecular complexity index is 127. The van der Waals surface area contributed by atoms with Gasteiger partial charge in [-0.05, 0) is 12.8 Å². The molecule has 0 atom stereocenters. The first-order chi connectivity index (χ1) is 6.88. The van der Waals surface area contributed by atoms with E-state index in [-0.39, 0.29) is 0 Å². The fourth-order valence-electron chi connectivity index (χ4n) is 1.55. The van der Waals surface area contributed by atoms with Crippen molar-refractivity contribution in [3.8, 4) is 0 Å². The average molecular weight is 200 g/mol. The van der Waals surface area contributed by atoms with Crippen molar-refractivity contribution in [2.75, 3.05) is 19.7 Å². The van der Waals surface area contributed by atoms with E-state index in [2.05, 4.69) is 18.7 Å². The van der Waals surface area contributed by atoms with Crippen molar-refractivity contribution in [2.24, 2.45) is 0 Å². The van der Waals surface area contributed by atoms with Crippen LogP contribution in [0.1, 0.15) is 46.0 Å². The van der Waals surface area contributed by atoms with E-state index < -0.39 is 0 Å². The Morgan fingerprint density at radius 3 is 2.21 bits per heavy atom. The lowest BCUT2D eigenvalue weighted by Gasteiger charge is -2.24. The van der Waals surface area contributed by atoms with Crippen molar-refractivity contribution in [1.82, 2.24) is 4.90 Å². The van der Waals surface area contributed by atoms with Crippen molar-refractivity contribution in [3.63, 3.8) is 0 Å². The molecular weight excluding hydrogens is 178 g/mol. The van der Waals surface area contributed by atoms with E-state index in [9.17, 15) is 0 Å². The highest BCUT2D eigenvalue weighted by molar-refractivity contribution is 4.80. The van der Waals surface area contributed by atoms with Gasteiger partial charge in [0.05, 0.1) is 6.61 Å². The molecule has 1 aliphatic rings. The quantitative estimate of drug-likeness (QED) is 0.590. The maximum Gasteiger partial charge on any atom is 0.205 e. The van der Waals surface area contributed by atoms with Crippen LogP contribution < -0.4 is 0 Å². The molecule has 0 amide bonds. The number of unbranched alkanes of at least 4 members (excludes halogenated alkanes) is 2. The Morgan fingerprint density at radius 2 is 1.79 bits per heavy atom. The monoisotopic (exact) mass is 200 g/mol. The summed E-state index contributed by atoms with van der Waals surface area (Å²) in [6.07, 6.45) is 6.90. The standard InChI is InChI=1S/C11H22NO2/c1-3-5-8-12(9-6-4-2)11-7-10-13-14-11/h3-10H2,1-2H3. The fraction of sp³-hybridized carbons (Fsp3) is 0.909. The summed E-state index contributed by atoms with van der Waals surface area (Å²) in [5.41, 5.74) is 0. The summed E-state index contributed by atoms with van der Waals surface area (Å²) in [4.78, 5) is 12.4. The van der Waals surface area contributed by atoms with Crippen molar-refractivity contribution in [1.29, 1.82) is 0 Å². The summed E-state index contributed by atoms with van der Waals surface area (Å²) in [5.74, 6) is 0. The summed E-state index contributed by atoms with van der Waals surface area (Å²) in [5, 5.41) is 0. The van der Waals surface area contributed by atoms with E-state index in [1.165, 1.54) is 25.7 Å². The van der Waals surface area contributed by atoms with Crippen LogP contribution in [0.15, 0.2) is 0 Å². The third kappa shape index (κ3) is 3.95. The van der Waals surface area contributed by atoms with Crippen LogP contribution in [-0.2, 0) is 9.78 Å². The summed E-state index contributed by atoms with van der Waals surface area (Å²) in [6.45, 7) is 7.36. The van der Waals surface area contributed by atoms with Gasteiger partial charge in [0.25, 0.3) is 0 Å². The molecule has 0 saturated carbocycles. The second-order valence-electron chi connectivity index (χ2n) is 3.74. The number of rotatable bonds is 7. The van der Waals surface area contributed by atoms with Gasteiger partial charge in [-0.15, -0.1) is 0 Å². The lowest BCUT2D eigenvalue weighted by molar-refractivity contribution is -0.262. The minimum atomic E-state index is 0.712. The Labute approximate surface area is 87.3 Å². The molecule has 1 heterocycles. The van der Waals surface area contributed by atoms with Gasteiger partial charge < -0.3 is 0 Å². The molecule has 0 aromatic carbocycles. The molecular formula is C11H22NO2. The molecule has 14 heavy (non-hydrogen) atoms. The molecule has 1 saturated heterocycles. The molecule has 0 N–H and O–H groups in total. The third-order valence-corrected chi connectivity index (χ3v) is 2.47.